The van der Waals surface area contributed by atoms with Crippen molar-refractivity contribution in [3.8, 4) is 0 Å². The van der Waals surface area contributed by atoms with Crippen LogP contribution in [0.5, 0.6) is 0 Å². The van der Waals surface area contributed by atoms with E-state index in [1.165, 1.54) is 6.33 Å². The van der Waals surface area contributed by atoms with Gasteiger partial charge in [0.05, 0.1) is 12.1 Å². The molecule has 0 atom stereocenters. The van der Waals surface area contributed by atoms with E-state index >= 15 is 0 Å². The van der Waals surface area contributed by atoms with E-state index in [1.54, 1.807) is 10.6 Å². The van der Waals surface area contributed by atoms with Crippen LogP contribution in [0.2, 0.25) is 0 Å². The Hall–Kier alpha value is -1.91. The van der Waals surface area contributed by atoms with Gasteiger partial charge in [0, 0.05) is 0 Å². The highest BCUT2D eigenvalue weighted by atomic mass is 16.4. The third-order valence-electron chi connectivity index (χ3n) is 1.93. The Kier molecular flexibility index (Phi) is 1.92. The molecule has 5 nitrogen and oxygen atoms in total. The fourth-order valence-electron chi connectivity index (χ4n) is 1.42. The molecule has 0 spiro atoms. The number of carbonyl (C=O) groups is 1. The number of nitrogens with zero attached hydrogens (tertiary/aromatic N) is 3. The van der Waals surface area contributed by atoms with E-state index in [2.05, 4.69) is 10.1 Å². The van der Waals surface area contributed by atoms with Crippen LogP contribution in [-0.4, -0.2) is 25.7 Å². The molecule has 0 aliphatic rings. The summed E-state index contributed by atoms with van der Waals surface area (Å²) in [4.78, 5) is 14.6. The predicted molar refractivity (Wildman–Crippen MR) is 49.1 cm³/mol. The summed E-state index contributed by atoms with van der Waals surface area (Å²) >= 11 is 0. The summed E-state index contributed by atoms with van der Waals surface area (Å²) in [6.07, 6.45) is 1.38. The van der Waals surface area contributed by atoms with Gasteiger partial charge in [-0.05, 0) is 24.6 Å². The third-order valence-corrected chi connectivity index (χ3v) is 1.93. The molecule has 14 heavy (non-hydrogen) atoms. The normalized spacial score (nSPS) is 10.6. The molecule has 5 heteroatoms. The summed E-state index contributed by atoms with van der Waals surface area (Å²) in [5.74, 6) is -0.868. The second-order valence-electron chi connectivity index (χ2n) is 3.12. The molecule has 0 bridgehead atoms. The largest absolute Gasteiger partial charge is 0.481 e. The Morgan fingerprint density at radius 1 is 1.57 bits per heavy atom. The summed E-state index contributed by atoms with van der Waals surface area (Å²) in [5, 5.41) is 12.6. The van der Waals surface area contributed by atoms with Gasteiger partial charge in [0.15, 0.2) is 5.65 Å². The first kappa shape index (κ1) is 8.68. The van der Waals surface area contributed by atoms with E-state index in [0.29, 0.717) is 11.3 Å². The zero-order valence-corrected chi connectivity index (χ0v) is 7.64. The predicted octanol–water partition coefficient (Wildman–Crippen LogP) is 0.665. The van der Waals surface area contributed by atoms with Gasteiger partial charge in [-0.3, -0.25) is 4.79 Å². The first-order valence-electron chi connectivity index (χ1n) is 4.18. The lowest BCUT2D eigenvalue weighted by molar-refractivity contribution is -0.136. The van der Waals surface area contributed by atoms with Crippen LogP contribution in [0.15, 0.2) is 18.5 Å². The zero-order valence-electron chi connectivity index (χ0n) is 7.64. The molecule has 2 aromatic rings. The Morgan fingerprint density at radius 3 is 3.07 bits per heavy atom. The molecule has 0 amide bonds. The monoisotopic (exact) mass is 191 g/mol. The molecular weight excluding hydrogens is 182 g/mol. The highest BCUT2D eigenvalue weighted by molar-refractivity contribution is 5.70. The molecule has 0 aromatic carbocycles. The molecule has 2 aromatic heterocycles. The molecular formula is C9H9N3O2. The fraction of sp³-hybridized carbons (Fsp3) is 0.222. The number of carboxylic acids is 1. The van der Waals surface area contributed by atoms with Gasteiger partial charge in [-0.25, -0.2) is 9.50 Å². The number of pyridine rings is 1. The maximum atomic E-state index is 10.6. The van der Waals surface area contributed by atoms with Gasteiger partial charge in [0.2, 0.25) is 0 Å². The quantitative estimate of drug-likeness (QED) is 0.757. The first-order chi connectivity index (χ1) is 6.66. The van der Waals surface area contributed by atoms with Crippen LogP contribution < -0.4 is 0 Å². The van der Waals surface area contributed by atoms with E-state index in [-0.39, 0.29) is 6.42 Å². The minimum Gasteiger partial charge on any atom is -0.481 e. The SMILES string of the molecule is Cc1cc(CC(=O)O)n2ncnc2c1. The molecule has 1 N–H and O–H groups in total. The van der Waals surface area contributed by atoms with Crippen LogP contribution in [0.25, 0.3) is 5.65 Å². The van der Waals surface area contributed by atoms with Gasteiger partial charge < -0.3 is 5.11 Å². The lowest BCUT2D eigenvalue weighted by atomic mass is 10.2. The van der Waals surface area contributed by atoms with Crippen molar-refractivity contribution >= 4 is 11.6 Å². The number of hydrogen-bond acceptors (Lipinski definition) is 3. The fourth-order valence-corrected chi connectivity index (χ4v) is 1.42. The van der Waals surface area contributed by atoms with Crippen molar-refractivity contribution < 1.29 is 9.90 Å². The summed E-state index contributed by atoms with van der Waals surface area (Å²) in [6.45, 7) is 1.90. The molecule has 0 aliphatic carbocycles. The van der Waals surface area contributed by atoms with Crippen molar-refractivity contribution in [1.29, 1.82) is 0 Å². The summed E-state index contributed by atoms with van der Waals surface area (Å²) in [6, 6.07) is 3.66. The molecule has 2 heterocycles. The molecule has 0 unspecified atom stereocenters. The Morgan fingerprint density at radius 2 is 2.36 bits per heavy atom. The Bertz CT molecular complexity index is 490. The van der Waals surface area contributed by atoms with Gasteiger partial charge in [-0.1, -0.05) is 0 Å². The smallest absolute Gasteiger partial charge is 0.309 e. The van der Waals surface area contributed by atoms with E-state index in [9.17, 15) is 4.79 Å². The summed E-state index contributed by atoms with van der Waals surface area (Å²) < 4.78 is 1.54. The number of rotatable bonds is 2. The van der Waals surface area contributed by atoms with Crippen molar-refractivity contribution in [1.82, 2.24) is 14.6 Å². The molecule has 72 valence electrons. The number of aromatic nitrogens is 3. The molecule has 0 fully saturated rings. The van der Waals surface area contributed by atoms with Crippen molar-refractivity contribution in [2.75, 3.05) is 0 Å². The Balaban J connectivity index is 2.60. The number of aryl methyl sites for hydroxylation is 1. The number of carboxylic acid groups (broad SMARTS) is 1. The highest BCUT2D eigenvalue weighted by Crippen LogP contribution is 2.08. The number of hydrogen-bond donors (Lipinski definition) is 1. The van der Waals surface area contributed by atoms with Crippen LogP contribution in [0.1, 0.15) is 11.3 Å². The molecule has 0 aliphatic heterocycles. The van der Waals surface area contributed by atoms with Crippen LogP contribution in [0.3, 0.4) is 0 Å². The van der Waals surface area contributed by atoms with Crippen molar-refractivity contribution in [2.24, 2.45) is 0 Å². The van der Waals surface area contributed by atoms with Crippen LogP contribution in [0, 0.1) is 6.92 Å². The number of aliphatic carboxylic acids is 1. The Labute approximate surface area is 80.0 Å². The van der Waals surface area contributed by atoms with E-state index in [4.69, 9.17) is 5.11 Å². The second-order valence-corrected chi connectivity index (χ2v) is 3.12. The summed E-state index contributed by atoms with van der Waals surface area (Å²) in [5.41, 5.74) is 2.31. The summed E-state index contributed by atoms with van der Waals surface area (Å²) in [7, 11) is 0. The highest BCUT2D eigenvalue weighted by Gasteiger charge is 2.07. The van der Waals surface area contributed by atoms with Gasteiger partial charge in [0.1, 0.15) is 6.33 Å². The van der Waals surface area contributed by atoms with Crippen LogP contribution in [-0.2, 0) is 11.2 Å². The lowest BCUT2D eigenvalue weighted by Gasteiger charge is -2.02. The molecule has 0 saturated heterocycles. The molecule has 2 rings (SSSR count). The minimum atomic E-state index is -0.868. The lowest BCUT2D eigenvalue weighted by Crippen LogP contribution is -2.06. The number of fused-ring (bicyclic) bond motifs is 1. The molecule has 0 radical (unpaired) electrons. The van der Waals surface area contributed by atoms with Crippen molar-refractivity contribution in [3.63, 3.8) is 0 Å². The standard InChI is InChI=1S/C9H9N3O2/c1-6-2-7(4-9(13)14)12-8(3-6)10-5-11-12/h2-3,5H,4H2,1H3,(H,13,14). The van der Waals surface area contributed by atoms with Crippen molar-refractivity contribution in [3.05, 3.63) is 29.7 Å². The average molecular weight is 191 g/mol. The molecule has 0 saturated carbocycles. The second kappa shape index (κ2) is 3.10. The average Bonchev–Trinajstić information content (AvgIpc) is 2.50. The minimum absolute atomic E-state index is 0.0401. The van der Waals surface area contributed by atoms with Gasteiger partial charge >= 0.3 is 5.97 Å². The van der Waals surface area contributed by atoms with E-state index in [0.717, 1.165) is 5.56 Å². The van der Waals surface area contributed by atoms with Crippen LogP contribution in [0.4, 0.5) is 0 Å². The van der Waals surface area contributed by atoms with Crippen molar-refractivity contribution in [2.45, 2.75) is 13.3 Å². The van der Waals surface area contributed by atoms with E-state index < -0.39 is 5.97 Å². The van der Waals surface area contributed by atoms with Gasteiger partial charge in [-0.15, -0.1) is 0 Å². The van der Waals surface area contributed by atoms with Gasteiger partial charge in [-0.2, -0.15) is 5.10 Å². The van der Waals surface area contributed by atoms with Gasteiger partial charge in [0.25, 0.3) is 0 Å². The third kappa shape index (κ3) is 1.44. The topological polar surface area (TPSA) is 67.5 Å². The first-order valence-corrected chi connectivity index (χ1v) is 4.18. The maximum absolute atomic E-state index is 10.6. The maximum Gasteiger partial charge on any atom is 0.309 e. The zero-order chi connectivity index (χ0) is 10.1. The van der Waals surface area contributed by atoms with Crippen LogP contribution >= 0.6 is 0 Å². The van der Waals surface area contributed by atoms with E-state index in [1.807, 2.05) is 13.0 Å².